The van der Waals surface area contributed by atoms with E-state index in [1.807, 2.05) is 0 Å². The molecule has 2 rings (SSSR count). The molecule has 2 aromatic carbocycles. The van der Waals surface area contributed by atoms with Crippen molar-refractivity contribution >= 4 is 23.4 Å². The molecule has 7 heteroatoms. The maximum absolute atomic E-state index is 13.6. The molecule has 0 aliphatic heterocycles. The zero-order valence-corrected chi connectivity index (χ0v) is 14.0. The number of hydrogen-bond donors (Lipinski definition) is 2. The first-order valence-electron chi connectivity index (χ1n) is 7.51. The van der Waals surface area contributed by atoms with Crippen LogP contribution in [-0.4, -0.2) is 17.6 Å². The minimum absolute atomic E-state index is 0.364. The van der Waals surface area contributed by atoms with Crippen molar-refractivity contribution in [2.45, 2.75) is 26.4 Å². The van der Waals surface area contributed by atoms with Gasteiger partial charge in [0.15, 0.2) is 11.6 Å². The van der Waals surface area contributed by atoms with E-state index >= 15 is 0 Å². The number of ether oxygens (including phenoxy) is 1. The van der Waals surface area contributed by atoms with Gasteiger partial charge in [0.05, 0.1) is 5.56 Å². The van der Waals surface area contributed by atoms with Crippen LogP contribution in [0.2, 0.25) is 0 Å². The highest BCUT2D eigenvalue weighted by Gasteiger charge is 2.17. The van der Waals surface area contributed by atoms with Crippen LogP contribution >= 0.6 is 0 Å². The molecule has 0 bridgehead atoms. The molecule has 0 aliphatic rings. The Bertz CT molecular complexity index is 784. The molecule has 2 amide bonds. The third-order valence-electron chi connectivity index (χ3n) is 2.98. The zero-order chi connectivity index (χ0) is 18.6. The Labute approximate surface area is 144 Å². The largest absolute Gasteiger partial charge is 0.444 e. The molecule has 0 radical (unpaired) electrons. The van der Waals surface area contributed by atoms with Crippen molar-refractivity contribution in [3.05, 3.63) is 59.7 Å². The van der Waals surface area contributed by atoms with E-state index in [9.17, 15) is 18.4 Å². The predicted octanol–water partition coefficient (Wildman–Crippen LogP) is 4.56. The van der Waals surface area contributed by atoms with E-state index in [2.05, 4.69) is 10.6 Å². The van der Waals surface area contributed by atoms with Gasteiger partial charge in [-0.1, -0.05) is 6.07 Å². The molecule has 132 valence electrons. The van der Waals surface area contributed by atoms with Gasteiger partial charge in [-0.3, -0.25) is 10.1 Å². The number of carbonyl (C=O) groups is 2. The highest BCUT2D eigenvalue weighted by atomic mass is 19.2. The van der Waals surface area contributed by atoms with Crippen LogP contribution in [0.25, 0.3) is 0 Å². The maximum atomic E-state index is 13.6. The Morgan fingerprint density at radius 2 is 1.48 bits per heavy atom. The van der Waals surface area contributed by atoms with Crippen LogP contribution in [0.15, 0.2) is 42.5 Å². The van der Waals surface area contributed by atoms with Gasteiger partial charge in [0, 0.05) is 11.4 Å². The lowest BCUT2D eigenvalue weighted by molar-refractivity contribution is 0.0635. The second kappa shape index (κ2) is 7.29. The van der Waals surface area contributed by atoms with Crippen molar-refractivity contribution in [1.29, 1.82) is 0 Å². The van der Waals surface area contributed by atoms with Gasteiger partial charge >= 0.3 is 6.09 Å². The first kappa shape index (κ1) is 18.4. The number of carbonyl (C=O) groups excluding carboxylic acids is 2. The molecular formula is C18H18F2N2O3. The molecule has 5 nitrogen and oxygen atoms in total. The standard InChI is InChI=1S/C18H18F2N2O3/c1-18(2,3)25-17(24)22-12-9-7-11(8-10-12)21-16(23)13-5-4-6-14(19)15(13)20/h4-10H,1-3H3,(H,21,23)(H,22,24). The highest BCUT2D eigenvalue weighted by Crippen LogP contribution is 2.18. The van der Waals surface area contributed by atoms with Crippen molar-refractivity contribution in [1.82, 2.24) is 0 Å². The van der Waals surface area contributed by atoms with Crippen molar-refractivity contribution in [2.24, 2.45) is 0 Å². The average molecular weight is 348 g/mol. The summed E-state index contributed by atoms with van der Waals surface area (Å²) in [5, 5.41) is 5.00. The molecule has 25 heavy (non-hydrogen) atoms. The summed E-state index contributed by atoms with van der Waals surface area (Å²) in [5.41, 5.74) is -0.184. The van der Waals surface area contributed by atoms with Crippen LogP contribution in [0.3, 0.4) is 0 Å². The van der Waals surface area contributed by atoms with Crippen LogP contribution in [-0.2, 0) is 4.74 Å². The first-order chi connectivity index (χ1) is 11.7. The SMILES string of the molecule is CC(C)(C)OC(=O)Nc1ccc(NC(=O)c2cccc(F)c2F)cc1. The normalized spacial score (nSPS) is 10.9. The average Bonchev–Trinajstić information content (AvgIpc) is 2.50. The van der Waals surface area contributed by atoms with E-state index in [0.29, 0.717) is 11.4 Å². The predicted molar refractivity (Wildman–Crippen MR) is 90.6 cm³/mol. The van der Waals surface area contributed by atoms with Gasteiger partial charge in [-0.2, -0.15) is 0 Å². The molecule has 2 N–H and O–H groups in total. The fourth-order valence-corrected chi connectivity index (χ4v) is 1.94. The number of rotatable bonds is 3. The summed E-state index contributed by atoms with van der Waals surface area (Å²) >= 11 is 0. The Morgan fingerprint density at radius 3 is 2.04 bits per heavy atom. The van der Waals surface area contributed by atoms with Crippen molar-refractivity contribution < 1.29 is 23.1 Å². The summed E-state index contributed by atoms with van der Waals surface area (Å²) in [6.45, 7) is 5.24. The Morgan fingerprint density at radius 1 is 0.920 bits per heavy atom. The van der Waals surface area contributed by atoms with Crippen molar-refractivity contribution in [2.75, 3.05) is 10.6 Å². The zero-order valence-electron chi connectivity index (χ0n) is 14.0. The quantitative estimate of drug-likeness (QED) is 0.854. The van der Waals surface area contributed by atoms with E-state index < -0.39 is 34.8 Å². The van der Waals surface area contributed by atoms with E-state index in [-0.39, 0.29) is 0 Å². The maximum Gasteiger partial charge on any atom is 0.412 e. The van der Waals surface area contributed by atoms with E-state index in [1.54, 1.807) is 32.9 Å². The molecule has 0 aliphatic carbocycles. The molecule has 0 spiro atoms. The fourth-order valence-electron chi connectivity index (χ4n) is 1.94. The lowest BCUT2D eigenvalue weighted by atomic mass is 10.2. The lowest BCUT2D eigenvalue weighted by Gasteiger charge is -2.19. The lowest BCUT2D eigenvalue weighted by Crippen LogP contribution is -2.27. The van der Waals surface area contributed by atoms with Crippen LogP contribution < -0.4 is 10.6 Å². The number of halogens is 2. The number of hydrogen-bond acceptors (Lipinski definition) is 3. The van der Waals surface area contributed by atoms with Gasteiger partial charge in [-0.25, -0.2) is 13.6 Å². The van der Waals surface area contributed by atoms with Crippen LogP contribution in [0.1, 0.15) is 31.1 Å². The van der Waals surface area contributed by atoms with Gasteiger partial charge in [0.25, 0.3) is 5.91 Å². The third kappa shape index (κ3) is 5.27. The minimum Gasteiger partial charge on any atom is -0.444 e. The number of amides is 2. The minimum atomic E-state index is -1.21. The molecule has 0 aromatic heterocycles. The van der Waals surface area contributed by atoms with Gasteiger partial charge in [-0.05, 0) is 57.2 Å². The number of benzene rings is 2. The first-order valence-corrected chi connectivity index (χ1v) is 7.51. The summed E-state index contributed by atoms with van der Waals surface area (Å²) in [4.78, 5) is 23.7. The van der Waals surface area contributed by atoms with Crippen LogP contribution in [0, 0.1) is 11.6 Å². The van der Waals surface area contributed by atoms with E-state index in [4.69, 9.17) is 4.74 Å². The van der Waals surface area contributed by atoms with Gasteiger partial charge in [0.1, 0.15) is 5.60 Å². The molecular weight excluding hydrogens is 330 g/mol. The summed E-state index contributed by atoms with van der Waals surface area (Å²) in [6, 6.07) is 9.49. The second-order valence-corrected chi connectivity index (χ2v) is 6.26. The molecule has 0 unspecified atom stereocenters. The van der Waals surface area contributed by atoms with Crippen molar-refractivity contribution in [3.8, 4) is 0 Å². The van der Waals surface area contributed by atoms with E-state index in [1.165, 1.54) is 24.3 Å². The Balaban J connectivity index is 2.02. The van der Waals surface area contributed by atoms with Crippen molar-refractivity contribution in [3.63, 3.8) is 0 Å². The third-order valence-corrected chi connectivity index (χ3v) is 2.98. The molecule has 0 atom stereocenters. The molecule has 2 aromatic rings. The van der Waals surface area contributed by atoms with Gasteiger partial charge < -0.3 is 10.1 Å². The highest BCUT2D eigenvalue weighted by molar-refractivity contribution is 6.04. The van der Waals surface area contributed by atoms with Crippen LogP contribution in [0.4, 0.5) is 25.0 Å². The molecule has 0 saturated carbocycles. The summed E-state index contributed by atoms with van der Waals surface area (Å²) < 4.78 is 31.9. The number of nitrogens with one attached hydrogen (secondary N) is 2. The monoisotopic (exact) mass is 348 g/mol. The Hall–Kier alpha value is -2.96. The van der Waals surface area contributed by atoms with Gasteiger partial charge in [-0.15, -0.1) is 0 Å². The summed E-state index contributed by atoms with van der Waals surface area (Å²) in [5.74, 6) is -3.07. The molecule has 0 fully saturated rings. The van der Waals surface area contributed by atoms with Crippen LogP contribution in [0.5, 0.6) is 0 Å². The topological polar surface area (TPSA) is 67.4 Å². The smallest absolute Gasteiger partial charge is 0.412 e. The Kier molecular flexibility index (Phi) is 5.36. The second-order valence-electron chi connectivity index (χ2n) is 6.26. The van der Waals surface area contributed by atoms with E-state index in [0.717, 1.165) is 6.07 Å². The summed E-state index contributed by atoms with van der Waals surface area (Å²) in [6.07, 6.45) is -0.605. The number of anilines is 2. The fraction of sp³-hybridized carbons (Fsp3) is 0.222. The molecule has 0 saturated heterocycles. The molecule has 0 heterocycles. The summed E-state index contributed by atoms with van der Waals surface area (Å²) in [7, 11) is 0. The van der Waals surface area contributed by atoms with Gasteiger partial charge in [0.2, 0.25) is 0 Å².